The third kappa shape index (κ3) is 11.8. The van der Waals surface area contributed by atoms with Crippen LogP contribution in [0.25, 0.3) is 0 Å². The molecule has 0 spiro atoms. The molecule has 1 aromatic carbocycles. The lowest BCUT2D eigenvalue weighted by molar-refractivity contribution is -0.222. The van der Waals surface area contributed by atoms with Crippen LogP contribution in [0.2, 0.25) is 0 Å². The maximum Gasteiger partial charge on any atom is 0.190 e. The maximum atomic E-state index is 9.80. The highest BCUT2D eigenvalue weighted by Crippen LogP contribution is 2.40. The minimum atomic E-state index is -0.692. The van der Waals surface area contributed by atoms with Gasteiger partial charge in [-0.15, -0.1) is 0 Å². The summed E-state index contributed by atoms with van der Waals surface area (Å²) in [7, 11) is 0. The van der Waals surface area contributed by atoms with E-state index in [0.29, 0.717) is 13.0 Å². The Hall–Kier alpha value is -1.02. The van der Waals surface area contributed by atoms with Gasteiger partial charge in [0.15, 0.2) is 12.1 Å². The van der Waals surface area contributed by atoms with Crippen LogP contribution in [0.3, 0.4) is 0 Å². The third-order valence-electron chi connectivity index (χ3n) is 8.09. The molecular formula is C33H57NO5. The van der Waals surface area contributed by atoms with Gasteiger partial charge in [-0.3, -0.25) is 0 Å². The molecule has 3 rings (SSSR count). The highest BCUT2D eigenvalue weighted by molar-refractivity contribution is 5.13. The normalized spacial score (nSPS) is 24.7. The first kappa shape index (κ1) is 32.5. The molecule has 2 saturated heterocycles. The summed E-state index contributed by atoms with van der Waals surface area (Å²) in [6.45, 7) is 7.61. The van der Waals surface area contributed by atoms with E-state index < -0.39 is 12.1 Å². The molecular weight excluding hydrogens is 490 g/mol. The van der Waals surface area contributed by atoms with E-state index in [0.717, 1.165) is 18.5 Å². The standard InChI is InChI=1S/C33H57NO5/c1-4-5-6-7-8-9-10-11-12-13-14-15-16-20-24-34-28(23-25-35)29-30(36-26-27-21-18-17-19-22-27)31-32(37-29)39-33(2,3)38-31/h17-19,21-22,28-32,34-35H,4-16,20,23-26H2,1-3H3/t28-,29-,30+,31-,32-/m1/s1. The molecule has 6 nitrogen and oxygen atoms in total. The van der Waals surface area contributed by atoms with Gasteiger partial charge in [0.2, 0.25) is 0 Å². The van der Waals surface area contributed by atoms with Crippen molar-refractivity contribution in [2.45, 2.75) is 160 Å². The van der Waals surface area contributed by atoms with E-state index in [1.807, 2.05) is 32.0 Å². The molecule has 39 heavy (non-hydrogen) atoms. The van der Waals surface area contributed by atoms with Gasteiger partial charge < -0.3 is 29.4 Å². The summed E-state index contributed by atoms with van der Waals surface area (Å²) in [5, 5.41) is 13.5. The molecule has 0 aromatic heterocycles. The van der Waals surface area contributed by atoms with Gasteiger partial charge in [-0.1, -0.05) is 121 Å². The molecule has 0 saturated carbocycles. The average molecular weight is 548 g/mol. The van der Waals surface area contributed by atoms with Crippen LogP contribution >= 0.6 is 0 Å². The fourth-order valence-corrected chi connectivity index (χ4v) is 5.91. The number of nitrogens with one attached hydrogen (secondary N) is 1. The molecule has 2 aliphatic heterocycles. The summed E-state index contributed by atoms with van der Waals surface area (Å²) in [5.74, 6) is -0.692. The molecule has 0 aliphatic carbocycles. The van der Waals surface area contributed by atoms with Crippen molar-refractivity contribution >= 4 is 0 Å². The molecule has 1 aromatic rings. The quantitative estimate of drug-likeness (QED) is 0.149. The molecule has 0 unspecified atom stereocenters. The van der Waals surface area contributed by atoms with Gasteiger partial charge in [0.1, 0.15) is 18.3 Å². The first-order chi connectivity index (χ1) is 19.0. The van der Waals surface area contributed by atoms with E-state index in [2.05, 4.69) is 24.4 Å². The van der Waals surface area contributed by atoms with Crippen LogP contribution in [0.5, 0.6) is 0 Å². The summed E-state index contributed by atoms with van der Waals surface area (Å²) in [6.07, 6.45) is 18.4. The minimum absolute atomic E-state index is 0.0151. The molecule has 0 bridgehead atoms. The molecule has 2 heterocycles. The lowest BCUT2D eigenvalue weighted by Gasteiger charge is -2.31. The number of hydrogen-bond donors (Lipinski definition) is 2. The Kier molecular flexibility index (Phi) is 15.3. The number of unbranched alkanes of at least 4 members (excludes halogenated alkanes) is 13. The molecule has 0 amide bonds. The van der Waals surface area contributed by atoms with E-state index in [1.54, 1.807) is 0 Å². The molecule has 2 N–H and O–H groups in total. The topological polar surface area (TPSA) is 69.2 Å². The first-order valence-electron chi connectivity index (χ1n) is 16.0. The zero-order valence-corrected chi connectivity index (χ0v) is 25.1. The SMILES string of the molecule is CCCCCCCCCCCCCCCCN[C@H](CCO)[C@H]1O[C@@H]2OC(C)(C)O[C@@H]2[C@H]1OCc1ccccc1. The predicted molar refractivity (Wildman–Crippen MR) is 158 cm³/mol. The number of rotatable bonds is 22. The van der Waals surface area contributed by atoms with Gasteiger partial charge in [0.05, 0.1) is 6.61 Å². The number of hydrogen-bond acceptors (Lipinski definition) is 6. The highest BCUT2D eigenvalue weighted by Gasteiger charge is 2.56. The maximum absolute atomic E-state index is 9.80. The Balaban J connectivity index is 1.33. The van der Waals surface area contributed by atoms with Gasteiger partial charge >= 0.3 is 0 Å². The summed E-state index contributed by atoms with van der Waals surface area (Å²) in [6, 6.07) is 10.2. The zero-order chi connectivity index (χ0) is 27.8. The second-order valence-electron chi connectivity index (χ2n) is 12.0. The van der Waals surface area contributed by atoms with Gasteiger partial charge in [-0.25, -0.2) is 0 Å². The Morgan fingerprint density at radius 1 is 0.846 bits per heavy atom. The highest BCUT2D eigenvalue weighted by atomic mass is 16.8. The lowest BCUT2D eigenvalue weighted by Crippen LogP contribution is -2.49. The van der Waals surface area contributed by atoms with Crippen LogP contribution in [-0.4, -0.2) is 54.7 Å². The monoisotopic (exact) mass is 547 g/mol. The second kappa shape index (κ2) is 18.4. The van der Waals surface area contributed by atoms with Gasteiger partial charge in [0, 0.05) is 12.6 Å². The van der Waals surface area contributed by atoms with Crippen molar-refractivity contribution in [3.05, 3.63) is 35.9 Å². The van der Waals surface area contributed by atoms with Crippen molar-refractivity contribution in [1.82, 2.24) is 5.32 Å². The lowest BCUT2D eigenvalue weighted by atomic mass is 10.00. The van der Waals surface area contributed by atoms with Crippen LogP contribution in [0.15, 0.2) is 30.3 Å². The number of benzene rings is 1. The van der Waals surface area contributed by atoms with Crippen LogP contribution in [0.4, 0.5) is 0 Å². The fraction of sp³-hybridized carbons (Fsp3) is 0.818. The predicted octanol–water partition coefficient (Wildman–Crippen LogP) is 7.27. The summed E-state index contributed by atoms with van der Waals surface area (Å²) in [4.78, 5) is 0. The number of ether oxygens (including phenoxy) is 4. The Labute approximate surface area is 238 Å². The summed E-state index contributed by atoms with van der Waals surface area (Å²) >= 11 is 0. The molecule has 2 aliphatic rings. The van der Waals surface area contributed by atoms with Crippen LogP contribution < -0.4 is 5.32 Å². The Bertz CT molecular complexity index is 745. The summed E-state index contributed by atoms with van der Waals surface area (Å²) < 4.78 is 25.0. The molecule has 5 atom stereocenters. The van der Waals surface area contributed by atoms with Crippen LogP contribution in [0.1, 0.15) is 123 Å². The number of aliphatic hydroxyl groups is 1. The second-order valence-corrected chi connectivity index (χ2v) is 12.0. The Morgan fingerprint density at radius 2 is 1.44 bits per heavy atom. The van der Waals surface area contributed by atoms with Crippen LogP contribution in [0, 0.1) is 0 Å². The molecule has 0 radical (unpaired) electrons. The largest absolute Gasteiger partial charge is 0.396 e. The number of aliphatic hydroxyl groups excluding tert-OH is 1. The van der Waals surface area contributed by atoms with Gasteiger partial charge in [0.25, 0.3) is 0 Å². The Morgan fingerprint density at radius 3 is 2.03 bits per heavy atom. The van der Waals surface area contributed by atoms with Gasteiger partial charge in [-0.2, -0.15) is 0 Å². The first-order valence-corrected chi connectivity index (χ1v) is 16.0. The van der Waals surface area contributed by atoms with E-state index in [-0.39, 0.29) is 31.0 Å². The van der Waals surface area contributed by atoms with E-state index in [4.69, 9.17) is 18.9 Å². The average Bonchev–Trinajstić information content (AvgIpc) is 3.41. The smallest absolute Gasteiger partial charge is 0.190 e. The van der Waals surface area contributed by atoms with Crippen molar-refractivity contribution in [3.8, 4) is 0 Å². The van der Waals surface area contributed by atoms with Gasteiger partial charge in [-0.05, 0) is 38.8 Å². The van der Waals surface area contributed by atoms with Crippen molar-refractivity contribution in [3.63, 3.8) is 0 Å². The van der Waals surface area contributed by atoms with Crippen molar-refractivity contribution in [1.29, 1.82) is 0 Å². The van der Waals surface area contributed by atoms with E-state index in [1.165, 1.54) is 83.5 Å². The molecule has 2 fully saturated rings. The molecule has 224 valence electrons. The number of fused-ring (bicyclic) bond motifs is 1. The summed E-state index contributed by atoms with van der Waals surface area (Å²) in [5.41, 5.74) is 1.12. The van der Waals surface area contributed by atoms with Crippen LogP contribution in [-0.2, 0) is 25.6 Å². The fourth-order valence-electron chi connectivity index (χ4n) is 5.91. The third-order valence-corrected chi connectivity index (χ3v) is 8.09. The van der Waals surface area contributed by atoms with E-state index >= 15 is 0 Å². The van der Waals surface area contributed by atoms with Crippen molar-refractivity contribution < 1.29 is 24.1 Å². The van der Waals surface area contributed by atoms with Crippen molar-refractivity contribution in [2.75, 3.05) is 13.2 Å². The minimum Gasteiger partial charge on any atom is -0.396 e. The molecule has 6 heteroatoms. The van der Waals surface area contributed by atoms with Crippen molar-refractivity contribution in [2.24, 2.45) is 0 Å². The van der Waals surface area contributed by atoms with E-state index in [9.17, 15) is 5.11 Å². The zero-order valence-electron chi connectivity index (χ0n) is 25.1.